The fraction of sp³-hybridized carbons (Fsp3) is 0.357. The third-order valence-electron chi connectivity index (χ3n) is 3.45. The maximum atomic E-state index is 11.8. The minimum atomic E-state index is -0.663. The first kappa shape index (κ1) is 13.4. The van der Waals surface area contributed by atoms with Crippen LogP contribution in [0.1, 0.15) is 18.9 Å². The fourth-order valence-electron chi connectivity index (χ4n) is 2.51. The predicted molar refractivity (Wildman–Crippen MR) is 70.7 cm³/mol. The summed E-state index contributed by atoms with van der Waals surface area (Å²) in [5, 5.41) is 2.15. The van der Waals surface area contributed by atoms with Gasteiger partial charge in [-0.05, 0) is 31.0 Å². The van der Waals surface area contributed by atoms with Gasteiger partial charge in [0.25, 0.3) is 0 Å². The number of rotatable bonds is 3. The number of benzene rings is 1. The minimum Gasteiger partial charge on any atom is -0.454 e. The molecule has 4 amide bonds. The molecule has 1 aromatic carbocycles. The van der Waals surface area contributed by atoms with Gasteiger partial charge in [-0.15, -0.1) is 0 Å². The zero-order chi connectivity index (χ0) is 15.0. The first-order valence-corrected chi connectivity index (χ1v) is 6.59. The van der Waals surface area contributed by atoms with Crippen molar-refractivity contribution < 1.29 is 23.9 Å². The Balaban J connectivity index is 1.74. The Morgan fingerprint density at radius 2 is 2.00 bits per heavy atom. The summed E-state index contributed by atoms with van der Waals surface area (Å²) in [6.45, 7) is 1.96. The molecule has 110 valence electrons. The lowest BCUT2D eigenvalue weighted by molar-refractivity contribution is -0.137. The van der Waals surface area contributed by atoms with Crippen LogP contribution in [0.25, 0.3) is 0 Å². The van der Waals surface area contributed by atoms with E-state index in [4.69, 9.17) is 9.47 Å². The zero-order valence-corrected chi connectivity index (χ0v) is 11.4. The average molecular weight is 290 g/mol. The van der Waals surface area contributed by atoms with Crippen LogP contribution in [0.3, 0.4) is 0 Å². The molecule has 21 heavy (non-hydrogen) atoms. The Kier molecular flexibility index (Phi) is 3.25. The molecule has 3 rings (SSSR count). The third kappa shape index (κ3) is 2.54. The van der Waals surface area contributed by atoms with E-state index in [9.17, 15) is 14.4 Å². The lowest BCUT2D eigenvalue weighted by Gasteiger charge is -2.30. The summed E-state index contributed by atoms with van der Waals surface area (Å²) >= 11 is 0. The number of nitrogens with zero attached hydrogens (tertiary/aromatic N) is 1. The molecule has 1 unspecified atom stereocenters. The molecule has 0 saturated carbocycles. The van der Waals surface area contributed by atoms with Gasteiger partial charge in [-0.1, -0.05) is 6.07 Å². The normalized spacial score (nSPS) is 18.7. The number of carbonyl (C=O) groups is 3. The Hall–Kier alpha value is -2.57. The summed E-state index contributed by atoms with van der Waals surface area (Å²) in [6, 6.07) is 4.47. The second-order valence-corrected chi connectivity index (χ2v) is 5.03. The van der Waals surface area contributed by atoms with E-state index in [2.05, 4.69) is 5.32 Å². The van der Waals surface area contributed by atoms with E-state index in [1.54, 1.807) is 13.0 Å². The van der Waals surface area contributed by atoms with E-state index in [0.717, 1.165) is 10.5 Å². The summed E-state index contributed by atoms with van der Waals surface area (Å²) in [5.74, 6) is 0.307. The van der Waals surface area contributed by atoms with Crippen LogP contribution in [0.4, 0.5) is 4.79 Å². The minimum absolute atomic E-state index is 0.198. The van der Waals surface area contributed by atoms with E-state index in [1.807, 2.05) is 12.1 Å². The molecule has 0 radical (unpaired) electrons. The maximum Gasteiger partial charge on any atom is 0.331 e. The van der Waals surface area contributed by atoms with Crippen molar-refractivity contribution in [3.8, 4) is 11.5 Å². The topological polar surface area (TPSA) is 84.9 Å². The monoisotopic (exact) mass is 290 g/mol. The molecule has 1 atom stereocenters. The number of carbonyl (C=O) groups excluding carboxylic acids is 3. The smallest absolute Gasteiger partial charge is 0.331 e. The number of ether oxygens (including phenoxy) is 2. The zero-order valence-electron chi connectivity index (χ0n) is 11.4. The van der Waals surface area contributed by atoms with E-state index in [1.165, 1.54) is 0 Å². The molecule has 2 aliphatic rings. The van der Waals surface area contributed by atoms with Gasteiger partial charge in [0.1, 0.15) is 6.42 Å². The van der Waals surface area contributed by atoms with Crippen LogP contribution in [-0.4, -0.2) is 35.6 Å². The lowest BCUT2D eigenvalue weighted by Crippen LogP contribution is -2.56. The highest BCUT2D eigenvalue weighted by molar-refractivity contribution is 6.14. The summed E-state index contributed by atoms with van der Waals surface area (Å²) in [4.78, 5) is 35.8. The van der Waals surface area contributed by atoms with E-state index < -0.39 is 17.8 Å². The van der Waals surface area contributed by atoms with Crippen LogP contribution in [0.15, 0.2) is 18.2 Å². The Labute approximate surface area is 120 Å². The highest BCUT2D eigenvalue weighted by Crippen LogP contribution is 2.33. The van der Waals surface area contributed by atoms with Gasteiger partial charge in [-0.25, -0.2) is 4.79 Å². The summed E-state index contributed by atoms with van der Waals surface area (Å²) in [5.41, 5.74) is 0.921. The molecule has 0 aromatic heterocycles. The van der Waals surface area contributed by atoms with Gasteiger partial charge in [-0.3, -0.25) is 19.8 Å². The van der Waals surface area contributed by atoms with Crippen molar-refractivity contribution in [2.75, 3.05) is 6.79 Å². The molecular weight excluding hydrogens is 276 g/mol. The van der Waals surface area contributed by atoms with E-state index >= 15 is 0 Å². The molecule has 7 heteroatoms. The second kappa shape index (κ2) is 5.08. The number of imide groups is 2. The lowest BCUT2D eigenvalue weighted by atomic mass is 10.0. The molecule has 1 N–H and O–H groups in total. The number of urea groups is 1. The number of hydrogen-bond donors (Lipinski definition) is 1. The number of fused-ring (bicyclic) bond motifs is 1. The summed E-state index contributed by atoms with van der Waals surface area (Å²) in [6.07, 6.45) is 0.182. The van der Waals surface area contributed by atoms with Crippen molar-refractivity contribution in [3.05, 3.63) is 23.8 Å². The number of amides is 4. The Morgan fingerprint density at radius 3 is 2.76 bits per heavy atom. The summed E-state index contributed by atoms with van der Waals surface area (Å²) in [7, 11) is 0. The van der Waals surface area contributed by atoms with E-state index in [0.29, 0.717) is 17.9 Å². The largest absolute Gasteiger partial charge is 0.454 e. The van der Waals surface area contributed by atoms with Gasteiger partial charge >= 0.3 is 6.03 Å². The predicted octanol–water partition coefficient (Wildman–Crippen LogP) is 0.815. The van der Waals surface area contributed by atoms with Crippen LogP contribution in [0, 0.1) is 0 Å². The molecule has 0 bridgehead atoms. The van der Waals surface area contributed by atoms with Crippen molar-refractivity contribution in [1.82, 2.24) is 10.2 Å². The van der Waals surface area contributed by atoms with Gasteiger partial charge in [0.05, 0.1) is 0 Å². The Morgan fingerprint density at radius 1 is 1.24 bits per heavy atom. The summed E-state index contributed by atoms with van der Waals surface area (Å²) < 4.78 is 10.5. The SMILES string of the molecule is CC(Cc1ccc2c(c1)OCO2)N1C(=O)CC(=O)NC1=O. The van der Waals surface area contributed by atoms with Crippen LogP contribution in [0.5, 0.6) is 11.5 Å². The second-order valence-electron chi connectivity index (χ2n) is 5.03. The van der Waals surface area contributed by atoms with Crippen LogP contribution in [-0.2, 0) is 16.0 Å². The molecule has 2 aliphatic heterocycles. The molecule has 0 aliphatic carbocycles. The molecule has 1 aromatic rings. The maximum absolute atomic E-state index is 11.8. The van der Waals surface area contributed by atoms with Crippen molar-refractivity contribution in [3.63, 3.8) is 0 Å². The standard InChI is InChI=1S/C14H14N2O5/c1-8(16-13(18)6-12(17)15-14(16)19)4-9-2-3-10-11(5-9)21-7-20-10/h2-3,5,8H,4,6-7H2,1H3,(H,15,17,19). The van der Waals surface area contributed by atoms with Gasteiger partial charge in [-0.2, -0.15) is 0 Å². The van der Waals surface area contributed by atoms with Gasteiger partial charge in [0, 0.05) is 6.04 Å². The number of barbiturate groups is 1. The molecule has 0 spiro atoms. The van der Waals surface area contributed by atoms with Crippen molar-refractivity contribution >= 4 is 17.8 Å². The van der Waals surface area contributed by atoms with Crippen molar-refractivity contribution in [2.24, 2.45) is 0 Å². The molecule has 1 fully saturated rings. The average Bonchev–Trinajstić information content (AvgIpc) is 2.84. The van der Waals surface area contributed by atoms with Crippen molar-refractivity contribution in [1.29, 1.82) is 0 Å². The molecular formula is C14H14N2O5. The first-order valence-electron chi connectivity index (χ1n) is 6.59. The highest BCUT2D eigenvalue weighted by Gasteiger charge is 2.34. The number of hydrogen-bond acceptors (Lipinski definition) is 5. The quantitative estimate of drug-likeness (QED) is 0.833. The van der Waals surface area contributed by atoms with Crippen LogP contribution >= 0.6 is 0 Å². The van der Waals surface area contributed by atoms with Gasteiger partial charge < -0.3 is 9.47 Å². The molecule has 2 heterocycles. The van der Waals surface area contributed by atoms with E-state index in [-0.39, 0.29) is 19.3 Å². The van der Waals surface area contributed by atoms with Crippen LogP contribution in [0.2, 0.25) is 0 Å². The Bertz CT molecular complexity index is 608. The van der Waals surface area contributed by atoms with Crippen molar-refractivity contribution in [2.45, 2.75) is 25.8 Å². The van der Waals surface area contributed by atoms with Gasteiger partial charge in [0.2, 0.25) is 18.6 Å². The molecule has 7 nitrogen and oxygen atoms in total. The molecule has 1 saturated heterocycles. The fourth-order valence-corrected chi connectivity index (χ4v) is 2.51. The number of nitrogens with one attached hydrogen (secondary N) is 1. The van der Waals surface area contributed by atoms with Crippen LogP contribution < -0.4 is 14.8 Å². The first-order chi connectivity index (χ1) is 10.0. The van der Waals surface area contributed by atoms with Gasteiger partial charge in [0.15, 0.2) is 11.5 Å². The highest BCUT2D eigenvalue weighted by atomic mass is 16.7. The third-order valence-corrected chi connectivity index (χ3v) is 3.45.